The molecule has 130 valence electrons. The van der Waals surface area contributed by atoms with Gasteiger partial charge in [0.2, 0.25) is 11.8 Å². The van der Waals surface area contributed by atoms with Crippen LogP contribution in [0.1, 0.15) is 24.0 Å². The summed E-state index contributed by atoms with van der Waals surface area (Å²) in [6, 6.07) is 3.83. The minimum absolute atomic E-state index is 0.00741. The van der Waals surface area contributed by atoms with Crippen LogP contribution in [0.4, 0.5) is 0 Å². The number of benzene rings is 1. The fourth-order valence-corrected chi connectivity index (χ4v) is 2.81. The lowest BCUT2D eigenvalue weighted by atomic mass is 9.98. The quantitative estimate of drug-likeness (QED) is 0.743. The first kappa shape index (κ1) is 17.8. The standard InChI is InChI=1S/C18H24N2O4/c1-4-5-13-8-12(9-15(23-2)17(13)24-3)10-20-18(22)14-6-7-16(21)19-11-14/h4,8-9,14H,1,5-7,10-11H2,2-3H3,(H,19,21)(H,20,22)/t14-/m0/s1. The molecule has 1 aromatic rings. The monoisotopic (exact) mass is 332 g/mol. The smallest absolute Gasteiger partial charge is 0.225 e. The second kappa shape index (κ2) is 8.38. The number of amides is 2. The first-order valence-corrected chi connectivity index (χ1v) is 7.98. The van der Waals surface area contributed by atoms with Crippen molar-refractivity contribution < 1.29 is 19.1 Å². The molecule has 1 aliphatic heterocycles. The molecule has 6 heteroatoms. The summed E-state index contributed by atoms with van der Waals surface area (Å²) in [4.78, 5) is 23.4. The Morgan fingerprint density at radius 1 is 1.42 bits per heavy atom. The average molecular weight is 332 g/mol. The van der Waals surface area contributed by atoms with E-state index < -0.39 is 0 Å². The number of carbonyl (C=O) groups is 2. The Labute approximate surface area is 142 Å². The van der Waals surface area contributed by atoms with Crippen LogP contribution in [0.25, 0.3) is 0 Å². The van der Waals surface area contributed by atoms with Gasteiger partial charge in [0.05, 0.1) is 20.1 Å². The summed E-state index contributed by atoms with van der Waals surface area (Å²) in [5.41, 5.74) is 1.89. The highest BCUT2D eigenvalue weighted by Gasteiger charge is 2.24. The highest BCUT2D eigenvalue weighted by molar-refractivity contribution is 5.83. The Hall–Kier alpha value is -2.50. The molecule has 0 aromatic heterocycles. The Kier molecular flexibility index (Phi) is 6.23. The molecule has 1 aliphatic rings. The Morgan fingerprint density at radius 3 is 2.79 bits per heavy atom. The van der Waals surface area contributed by atoms with Crippen molar-refractivity contribution in [2.75, 3.05) is 20.8 Å². The molecule has 2 rings (SSSR count). The summed E-state index contributed by atoms with van der Waals surface area (Å²) in [7, 11) is 3.19. The van der Waals surface area contributed by atoms with Gasteiger partial charge in [-0.25, -0.2) is 0 Å². The van der Waals surface area contributed by atoms with Gasteiger partial charge < -0.3 is 20.1 Å². The Bertz CT molecular complexity index is 618. The summed E-state index contributed by atoms with van der Waals surface area (Å²) in [6.07, 6.45) is 3.43. The average Bonchev–Trinajstić information content (AvgIpc) is 2.60. The lowest BCUT2D eigenvalue weighted by molar-refractivity contribution is -0.129. The van der Waals surface area contributed by atoms with Crippen molar-refractivity contribution in [1.29, 1.82) is 0 Å². The van der Waals surface area contributed by atoms with Gasteiger partial charge in [0.15, 0.2) is 11.5 Å². The van der Waals surface area contributed by atoms with E-state index in [0.717, 1.165) is 11.1 Å². The van der Waals surface area contributed by atoms with Crippen LogP contribution in [0.2, 0.25) is 0 Å². The first-order valence-electron chi connectivity index (χ1n) is 7.98. The van der Waals surface area contributed by atoms with Crippen LogP contribution in [0.5, 0.6) is 11.5 Å². The molecule has 24 heavy (non-hydrogen) atoms. The lowest BCUT2D eigenvalue weighted by Crippen LogP contribution is -2.42. The van der Waals surface area contributed by atoms with Crippen molar-refractivity contribution in [2.24, 2.45) is 5.92 Å². The largest absolute Gasteiger partial charge is 0.493 e. The second-order valence-corrected chi connectivity index (χ2v) is 5.74. The van der Waals surface area contributed by atoms with Gasteiger partial charge in [-0.15, -0.1) is 6.58 Å². The fraction of sp³-hybridized carbons (Fsp3) is 0.444. The molecule has 0 saturated carbocycles. The minimum Gasteiger partial charge on any atom is -0.493 e. The van der Waals surface area contributed by atoms with Crippen molar-refractivity contribution in [1.82, 2.24) is 10.6 Å². The highest BCUT2D eigenvalue weighted by Crippen LogP contribution is 2.33. The molecular weight excluding hydrogens is 308 g/mol. The summed E-state index contributed by atoms with van der Waals surface area (Å²) in [5, 5.41) is 5.65. The number of nitrogens with one attached hydrogen (secondary N) is 2. The number of rotatable bonds is 7. The lowest BCUT2D eigenvalue weighted by Gasteiger charge is -2.22. The van der Waals surface area contributed by atoms with Crippen LogP contribution in [0.3, 0.4) is 0 Å². The third-order valence-corrected chi connectivity index (χ3v) is 4.08. The van der Waals surface area contributed by atoms with Crippen LogP contribution < -0.4 is 20.1 Å². The number of hydrogen-bond donors (Lipinski definition) is 2. The zero-order valence-corrected chi connectivity index (χ0v) is 14.2. The van der Waals surface area contributed by atoms with Crippen molar-refractivity contribution >= 4 is 11.8 Å². The van der Waals surface area contributed by atoms with Crippen molar-refractivity contribution in [3.63, 3.8) is 0 Å². The van der Waals surface area contributed by atoms with E-state index in [1.165, 1.54) is 0 Å². The zero-order chi connectivity index (χ0) is 17.5. The predicted molar refractivity (Wildman–Crippen MR) is 91.0 cm³/mol. The van der Waals surface area contributed by atoms with E-state index in [4.69, 9.17) is 9.47 Å². The van der Waals surface area contributed by atoms with Gasteiger partial charge in [-0.1, -0.05) is 6.08 Å². The molecule has 1 aromatic carbocycles. The number of piperidine rings is 1. The maximum atomic E-state index is 12.2. The highest BCUT2D eigenvalue weighted by atomic mass is 16.5. The maximum absolute atomic E-state index is 12.2. The molecule has 2 amide bonds. The van der Waals surface area contributed by atoms with Crippen molar-refractivity contribution in [3.8, 4) is 11.5 Å². The maximum Gasteiger partial charge on any atom is 0.225 e. The third-order valence-electron chi connectivity index (χ3n) is 4.08. The molecule has 0 aliphatic carbocycles. The predicted octanol–water partition coefficient (Wildman–Crippen LogP) is 1.57. The van der Waals surface area contributed by atoms with Gasteiger partial charge in [0.1, 0.15) is 0 Å². The van der Waals surface area contributed by atoms with E-state index in [1.54, 1.807) is 20.3 Å². The van der Waals surface area contributed by atoms with Gasteiger partial charge in [0.25, 0.3) is 0 Å². The SMILES string of the molecule is C=CCc1cc(CNC(=O)[C@H]2CCC(=O)NC2)cc(OC)c1OC. The molecule has 1 saturated heterocycles. The minimum atomic E-state index is -0.171. The Morgan fingerprint density at radius 2 is 2.21 bits per heavy atom. The third kappa shape index (κ3) is 4.28. The molecule has 0 bridgehead atoms. The van der Waals surface area contributed by atoms with Crippen LogP contribution in [0.15, 0.2) is 24.8 Å². The molecule has 0 radical (unpaired) electrons. The molecule has 2 N–H and O–H groups in total. The molecule has 6 nitrogen and oxygen atoms in total. The fourth-order valence-electron chi connectivity index (χ4n) is 2.81. The topological polar surface area (TPSA) is 76.7 Å². The van der Waals surface area contributed by atoms with Crippen LogP contribution >= 0.6 is 0 Å². The summed E-state index contributed by atoms with van der Waals surface area (Å²) in [6.45, 7) is 4.56. The summed E-state index contributed by atoms with van der Waals surface area (Å²) >= 11 is 0. The van der Waals surface area contributed by atoms with Gasteiger partial charge in [-0.05, 0) is 30.5 Å². The molecule has 0 spiro atoms. The van der Waals surface area contributed by atoms with Gasteiger partial charge in [0, 0.05) is 25.1 Å². The van der Waals surface area contributed by atoms with Crippen LogP contribution in [-0.2, 0) is 22.6 Å². The summed E-state index contributed by atoms with van der Waals surface area (Å²) in [5.74, 6) is 1.10. The van der Waals surface area contributed by atoms with Crippen molar-refractivity contribution in [3.05, 3.63) is 35.9 Å². The van der Waals surface area contributed by atoms with Crippen LogP contribution in [-0.4, -0.2) is 32.6 Å². The number of allylic oxidation sites excluding steroid dienone is 1. The van der Waals surface area contributed by atoms with E-state index in [2.05, 4.69) is 17.2 Å². The number of carbonyl (C=O) groups excluding carboxylic acids is 2. The number of methoxy groups -OCH3 is 2. The van der Waals surface area contributed by atoms with E-state index in [1.807, 2.05) is 12.1 Å². The first-order chi connectivity index (χ1) is 11.6. The van der Waals surface area contributed by atoms with E-state index >= 15 is 0 Å². The number of hydrogen-bond acceptors (Lipinski definition) is 4. The number of ether oxygens (including phenoxy) is 2. The van der Waals surface area contributed by atoms with E-state index in [0.29, 0.717) is 43.9 Å². The zero-order valence-electron chi connectivity index (χ0n) is 14.2. The molecule has 1 heterocycles. The van der Waals surface area contributed by atoms with Crippen molar-refractivity contribution in [2.45, 2.75) is 25.8 Å². The van der Waals surface area contributed by atoms with Gasteiger partial charge in [-0.3, -0.25) is 9.59 Å². The second-order valence-electron chi connectivity index (χ2n) is 5.74. The molecule has 0 unspecified atom stereocenters. The van der Waals surface area contributed by atoms with Crippen LogP contribution in [0, 0.1) is 5.92 Å². The van der Waals surface area contributed by atoms with Gasteiger partial charge >= 0.3 is 0 Å². The van der Waals surface area contributed by atoms with Gasteiger partial charge in [-0.2, -0.15) is 0 Å². The Balaban J connectivity index is 2.06. The molecule has 1 atom stereocenters. The molecule has 1 fully saturated rings. The van der Waals surface area contributed by atoms with E-state index in [9.17, 15) is 9.59 Å². The molecular formula is C18H24N2O4. The van der Waals surface area contributed by atoms with E-state index in [-0.39, 0.29) is 17.7 Å². The summed E-state index contributed by atoms with van der Waals surface area (Å²) < 4.78 is 10.8. The normalized spacial score (nSPS) is 16.9.